The fraction of sp³-hybridized carbons (Fsp3) is 0.364. The molecule has 9 heteroatoms. The fourth-order valence-electron chi connectivity index (χ4n) is 3.24. The molecule has 1 aromatic heterocycles. The van der Waals surface area contributed by atoms with Crippen molar-refractivity contribution in [3.8, 4) is 11.4 Å². The number of para-hydroxylation sites is 2. The average molecular weight is 441 g/mol. The molecule has 0 spiro atoms. The van der Waals surface area contributed by atoms with E-state index < -0.39 is 0 Å². The van der Waals surface area contributed by atoms with Gasteiger partial charge in [-0.1, -0.05) is 23.9 Å². The number of hydrogen-bond donors (Lipinski definition) is 1. The number of nitrogens with one attached hydrogen (secondary N) is 1. The van der Waals surface area contributed by atoms with Crippen molar-refractivity contribution in [1.29, 1.82) is 0 Å². The first-order valence-electron chi connectivity index (χ1n) is 10.3. The van der Waals surface area contributed by atoms with Gasteiger partial charge in [-0.2, -0.15) is 4.68 Å². The highest BCUT2D eigenvalue weighted by molar-refractivity contribution is 7.99. The van der Waals surface area contributed by atoms with Crippen LogP contribution in [0.15, 0.2) is 53.7 Å². The van der Waals surface area contributed by atoms with Gasteiger partial charge in [0.1, 0.15) is 11.4 Å². The summed E-state index contributed by atoms with van der Waals surface area (Å²) in [5, 5.41) is 15.3. The Kier molecular flexibility index (Phi) is 7.88. The molecule has 0 fully saturated rings. The minimum Gasteiger partial charge on any atom is -0.492 e. The molecular formula is C22H28N6O2S. The van der Waals surface area contributed by atoms with Gasteiger partial charge in [-0.25, -0.2) is 0 Å². The molecule has 1 heterocycles. The molecule has 8 nitrogen and oxygen atoms in total. The average Bonchev–Trinajstić information content (AvgIpc) is 3.23. The third-order valence-electron chi connectivity index (χ3n) is 4.61. The topological polar surface area (TPSA) is 85.2 Å². The third-order valence-corrected chi connectivity index (χ3v) is 5.53. The van der Waals surface area contributed by atoms with E-state index >= 15 is 0 Å². The maximum atomic E-state index is 12.5. The Morgan fingerprint density at radius 2 is 1.90 bits per heavy atom. The largest absolute Gasteiger partial charge is 0.492 e. The maximum absolute atomic E-state index is 12.5. The van der Waals surface area contributed by atoms with E-state index in [4.69, 9.17) is 4.74 Å². The minimum atomic E-state index is -0.124. The second-order valence-electron chi connectivity index (χ2n) is 7.04. The van der Waals surface area contributed by atoms with Crippen LogP contribution in [-0.4, -0.2) is 51.1 Å². The number of ether oxygens (including phenoxy) is 1. The van der Waals surface area contributed by atoms with Crippen molar-refractivity contribution >= 4 is 29.0 Å². The number of hydrogen-bond acceptors (Lipinski definition) is 7. The quantitative estimate of drug-likeness (QED) is 0.477. The number of carbonyl (C=O) groups excluding carboxylic acids is 1. The number of amides is 1. The van der Waals surface area contributed by atoms with E-state index in [1.54, 1.807) is 4.68 Å². The summed E-state index contributed by atoms with van der Waals surface area (Å²) in [7, 11) is 0. The molecule has 1 N–H and O–H groups in total. The standard InChI is InChI=1S/C22H28N6O2S/c1-5-27(16(3)4)18-13-11-17(12-14-18)23-21(29)15-31-22-24-25-26-28(22)19-9-7-8-10-20(19)30-6-2/h7-14,16H,5-6,15H2,1-4H3,(H,23,29). The lowest BCUT2D eigenvalue weighted by atomic mass is 10.2. The molecular weight excluding hydrogens is 412 g/mol. The monoisotopic (exact) mass is 440 g/mol. The molecule has 0 radical (unpaired) electrons. The Hall–Kier alpha value is -3.07. The van der Waals surface area contributed by atoms with E-state index in [0.29, 0.717) is 23.6 Å². The van der Waals surface area contributed by atoms with E-state index in [0.717, 1.165) is 23.6 Å². The van der Waals surface area contributed by atoms with Gasteiger partial charge in [0, 0.05) is 24.0 Å². The zero-order valence-electron chi connectivity index (χ0n) is 18.3. The first kappa shape index (κ1) is 22.6. The zero-order chi connectivity index (χ0) is 22.2. The van der Waals surface area contributed by atoms with Crippen LogP contribution < -0.4 is 15.0 Å². The smallest absolute Gasteiger partial charge is 0.234 e. The van der Waals surface area contributed by atoms with Crippen molar-refractivity contribution in [2.45, 2.75) is 38.9 Å². The molecule has 0 saturated carbocycles. The highest BCUT2D eigenvalue weighted by Crippen LogP contribution is 2.26. The lowest BCUT2D eigenvalue weighted by Crippen LogP contribution is -2.30. The molecule has 2 aromatic carbocycles. The molecule has 0 aliphatic rings. The number of aromatic nitrogens is 4. The number of anilines is 2. The first-order chi connectivity index (χ1) is 15.0. The van der Waals surface area contributed by atoms with Gasteiger partial charge in [0.25, 0.3) is 0 Å². The Morgan fingerprint density at radius 1 is 1.16 bits per heavy atom. The van der Waals surface area contributed by atoms with E-state index in [1.165, 1.54) is 11.8 Å². The summed E-state index contributed by atoms with van der Waals surface area (Å²) in [6.45, 7) is 9.85. The van der Waals surface area contributed by atoms with Crippen LogP contribution in [0.3, 0.4) is 0 Å². The molecule has 0 unspecified atom stereocenters. The molecule has 0 atom stereocenters. The van der Waals surface area contributed by atoms with E-state index in [9.17, 15) is 4.79 Å². The van der Waals surface area contributed by atoms with Crippen molar-refractivity contribution in [3.05, 3.63) is 48.5 Å². The lowest BCUT2D eigenvalue weighted by molar-refractivity contribution is -0.113. The van der Waals surface area contributed by atoms with Crippen LogP contribution in [0.2, 0.25) is 0 Å². The van der Waals surface area contributed by atoms with Crippen LogP contribution in [0.1, 0.15) is 27.7 Å². The molecule has 0 aliphatic heterocycles. The zero-order valence-corrected chi connectivity index (χ0v) is 19.1. The molecule has 1 amide bonds. The predicted octanol–water partition coefficient (Wildman–Crippen LogP) is 4.03. The molecule has 0 aliphatic carbocycles. The van der Waals surface area contributed by atoms with Crippen LogP contribution in [0, 0.1) is 0 Å². The second-order valence-corrected chi connectivity index (χ2v) is 7.98. The highest BCUT2D eigenvalue weighted by Gasteiger charge is 2.15. The Labute approximate surface area is 187 Å². The first-order valence-corrected chi connectivity index (χ1v) is 11.3. The number of rotatable bonds is 10. The highest BCUT2D eigenvalue weighted by atomic mass is 32.2. The SMILES string of the molecule is CCOc1ccccc1-n1nnnc1SCC(=O)Nc1ccc(N(CC)C(C)C)cc1. The van der Waals surface area contributed by atoms with Gasteiger partial charge in [0.15, 0.2) is 0 Å². The number of tetrazole rings is 1. The summed E-state index contributed by atoms with van der Waals surface area (Å²) in [5.74, 6) is 0.749. The van der Waals surface area contributed by atoms with Crippen molar-refractivity contribution < 1.29 is 9.53 Å². The van der Waals surface area contributed by atoms with Crippen LogP contribution in [0.5, 0.6) is 5.75 Å². The Balaban J connectivity index is 1.62. The van der Waals surface area contributed by atoms with Crippen LogP contribution in [-0.2, 0) is 4.79 Å². The lowest BCUT2D eigenvalue weighted by Gasteiger charge is -2.27. The second kappa shape index (κ2) is 10.8. The summed E-state index contributed by atoms with van der Waals surface area (Å²) in [6, 6.07) is 15.8. The van der Waals surface area contributed by atoms with Crippen molar-refractivity contribution in [2.75, 3.05) is 29.1 Å². The van der Waals surface area contributed by atoms with Crippen molar-refractivity contribution in [3.63, 3.8) is 0 Å². The molecule has 3 aromatic rings. The van der Waals surface area contributed by atoms with Crippen LogP contribution >= 0.6 is 11.8 Å². The predicted molar refractivity (Wildman–Crippen MR) is 124 cm³/mol. The Bertz CT molecular complexity index is 990. The summed E-state index contributed by atoms with van der Waals surface area (Å²) >= 11 is 1.27. The van der Waals surface area contributed by atoms with E-state index in [-0.39, 0.29) is 11.7 Å². The number of thioether (sulfide) groups is 1. The van der Waals surface area contributed by atoms with Crippen LogP contribution in [0.4, 0.5) is 11.4 Å². The minimum absolute atomic E-state index is 0.124. The molecule has 164 valence electrons. The van der Waals surface area contributed by atoms with E-state index in [2.05, 4.69) is 46.5 Å². The number of carbonyl (C=O) groups is 1. The van der Waals surface area contributed by atoms with Gasteiger partial charge in [-0.15, -0.1) is 5.10 Å². The van der Waals surface area contributed by atoms with Gasteiger partial charge < -0.3 is 15.0 Å². The van der Waals surface area contributed by atoms with Gasteiger partial charge in [-0.3, -0.25) is 4.79 Å². The number of nitrogens with zero attached hydrogens (tertiary/aromatic N) is 5. The summed E-state index contributed by atoms with van der Waals surface area (Å²) in [4.78, 5) is 14.8. The van der Waals surface area contributed by atoms with Crippen LogP contribution in [0.25, 0.3) is 5.69 Å². The Morgan fingerprint density at radius 3 is 2.58 bits per heavy atom. The molecule has 0 saturated heterocycles. The third kappa shape index (κ3) is 5.75. The fourth-order valence-corrected chi connectivity index (χ4v) is 3.92. The van der Waals surface area contributed by atoms with Gasteiger partial charge in [0.2, 0.25) is 11.1 Å². The normalized spacial score (nSPS) is 10.9. The summed E-state index contributed by atoms with van der Waals surface area (Å²) < 4.78 is 7.25. The van der Waals surface area contributed by atoms with Gasteiger partial charge in [0.05, 0.1) is 12.4 Å². The molecule has 31 heavy (non-hydrogen) atoms. The molecule has 3 rings (SSSR count). The maximum Gasteiger partial charge on any atom is 0.234 e. The van der Waals surface area contributed by atoms with E-state index in [1.807, 2.05) is 55.5 Å². The van der Waals surface area contributed by atoms with Gasteiger partial charge >= 0.3 is 0 Å². The van der Waals surface area contributed by atoms with Crippen molar-refractivity contribution in [2.24, 2.45) is 0 Å². The summed E-state index contributed by atoms with van der Waals surface area (Å²) in [5.41, 5.74) is 2.63. The summed E-state index contributed by atoms with van der Waals surface area (Å²) in [6.07, 6.45) is 0. The molecule has 0 bridgehead atoms. The number of benzene rings is 2. The van der Waals surface area contributed by atoms with Gasteiger partial charge in [-0.05, 0) is 74.5 Å². The van der Waals surface area contributed by atoms with Crippen molar-refractivity contribution in [1.82, 2.24) is 20.2 Å².